The Balaban J connectivity index is 0.937. The van der Waals surface area contributed by atoms with Gasteiger partial charge in [-0.15, -0.1) is 0 Å². The van der Waals surface area contributed by atoms with Crippen LogP contribution in [-0.4, -0.2) is 133 Å². The zero-order chi connectivity index (χ0) is 59.2. The maximum atomic E-state index is 14.6. The molecular formula is C64H84N10O8. The second-order valence-electron chi connectivity index (χ2n) is 24.9. The number of carbonyl (C=O) groups excluding carboxylic acids is 8. The van der Waals surface area contributed by atoms with Crippen molar-refractivity contribution < 1.29 is 38.4 Å². The molecule has 0 aromatic heterocycles. The Morgan fingerprint density at radius 3 is 1.18 bits per heavy atom. The normalized spacial score (nSPS) is 22.0. The van der Waals surface area contributed by atoms with Crippen molar-refractivity contribution in [1.29, 1.82) is 0 Å². The van der Waals surface area contributed by atoms with Crippen molar-refractivity contribution in [2.75, 3.05) is 27.2 Å². The van der Waals surface area contributed by atoms with E-state index in [1.807, 2.05) is 102 Å². The molecule has 438 valence electrons. The van der Waals surface area contributed by atoms with E-state index >= 15 is 0 Å². The summed E-state index contributed by atoms with van der Waals surface area (Å²) in [6.45, 7) is 14.7. The minimum absolute atomic E-state index is 0.0583. The van der Waals surface area contributed by atoms with Crippen molar-refractivity contribution in [2.45, 2.75) is 167 Å². The minimum atomic E-state index is -0.956. The molecule has 82 heavy (non-hydrogen) atoms. The van der Waals surface area contributed by atoms with Gasteiger partial charge in [-0.05, 0) is 148 Å². The summed E-state index contributed by atoms with van der Waals surface area (Å²) in [5, 5.41) is 24.4. The number of benzene rings is 4. The van der Waals surface area contributed by atoms with Crippen LogP contribution in [0.15, 0.2) is 97.1 Å². The number of likely N-dealkylation sites (tertiary alicyclic amines) is 2. The van der Waals surface area contributed by atoms with E-state index in [2.05, 4.69) is 54.7 Å². The summed E-state index contributed by atoms with van der Waals surface area (Å²) in [6.07, 6.45) is 5.51. The van der Waals surface area contributed by atoms with E-state index in [1.54, 1.807) is 52.2 Å². The predicted molar refractivity (Wildman–Crippen MR) is 315 cm³/mol. The number of nitrogens with one attached hydrogen (secondary N) is 8. The molecule has 4 aliphatic rings. The van der Waals surface area contributed by atoms with E-state index in [1.165, 1.54) is 20.9 Å². The fourth-order valence-electron chi connectivity index (χ4n) is 11.8. The van der Waals surface area contributed by atoms with Crippen LogP contribution in [-0.2, 0) is 41.6 Å². The number of hydrogen-bond acceptors (Lipinski definition) is 10. The highest BCUT2D eigenvalue weighted by Crippen LogP contribution is 2.34. The molecule has 8 rings (SSSR count). The number of rotatable bonds is 17. The lowest BCUT2D eigenvalue weighted by atomic mass is 9.85. The van der Waals surface area contributed by atoms with Crippen LogP contribution in [0.1, 0.15) is 149 Å². The third-order valence-electron chi connectivity index (χ3n) is 16.9. The molecule has 0 bridgehead atoms. The number of amides is 8. The lowest BCUT2D eigenvalue weighted by molar-refractivity contribution is -0.144. The number of nitrogens with zero attached hydrogens (tertiary/aromatic N) is 2. The van der Waals surface area contributed by atoms with Crippen LogP contribution in [0, 0.1) is 10.8 Å². The van der Waals surface area contributed by atoms with Gasteiger partial charge in [-0.25, -0.2) is 0 Å². The zero-order valence-electron chi connectivity index (χ0n) is 49.2. The van der Waals surface area contributed by atoms with E-state index in [4.69, 9.17) is 0 Å². The third-order valence-corrected chi connectivity index (χ3v) is 16.9. The summed E-state index contributed by atoms with van der Waals surface area (Å²) in [6, 6.07) is 23.7. The monoisotopic (exact) mass is 1120 g/mol. The Morgan fingerprint density at radius 2 is 0.841 bits per heavy atom. The van der Waals surface area contributed by atoms with Crippen LogP contribution < -0.4 is 42.5 Å². The number of fused-ring (bicyclic) bond motifs is 2. The lowest BCUT2D eigenvalue weighted by Gasteiger charge is -2.36. The van der Waals surface area contributed by atoms with Gasteiger partial charge in [-0.3, -0.25) is 38.4 Å². The lowest BCUT2D eigenvalue weighted by Crippen LogP contribution is -2.59. The molecule has 10 atom stereocenters. The summed E-state index contributed by atoms with van der Waals surface area (Å²) < 4.78 is 0. The molecule has 1 unspecified atom stereocenters. The number of likely N-dealkylation sites (N-methyl/N-ethyl adjacent to an activating group) is 2. The zero-order valence-corrected chi connectivity index (χ0v) is 49.2. The van der Waals surface area contributed by atoms with Gasteiger partial charge in [0.2, 0.25) is 35.4 Å². The number of hydrogen-bond donors (Lipinski definition) is 8. The largest absolute Gasteiger partial charge is 0.347 e. The van der Waals surface area contributed by atoms with Gasteiger partial charge >= 0.3 is 0 Å². The molecule has 18 heteroatoms. The molecule has 4 aromatic carbocycles. The molecule has 2 aliphatic heterocycles. The second kappa shape index (κ2) is 25.8. The van der Waals surface area contributed by atoms with Gasteiger partial charge in [0.1, 0.15) is 24.2 Å². The predicted octanol–water partition coefficient (Wildman–Crippen LogP) is 5.42. The summed E-state index contributed by atoms with van der Waals surface area (Å²) in [4.78, 5) is 115. The maximum absolute atomic E-state index is 14.6. The van der Waals surface area contributed by atoms with Gasteiger partial charge < -0.3 is 52.3 Å². The van der Waals surface area contributed by atoms with Crippen LogP contribution in [0.25, 0.3) is 11.1 Å². The van der Waals surface area contributed by atoms with Crippen molar-refractivity contribution in [3.05, 3.63) is 130 Å². The third kappa shape index (κ3) is 14.1. The molecule has 8 N–H and O–H groups in total. The molecule has 2 heterocycles. The fourth-order valence-corrected chi connectivity index (χ4v) is 11.8. The van der Waals surface area contributed by atoms with Crippen LogP contribution in [0.3, 0.4) is 0 Å². The topological polar surface area (TPSA) is 239 Å². The Bertz CT molecular complexity index is 2800. The molecule has 2 fully saturated rings. The van der Waals surface area contributed by atoms with Crippen LogP contribution in [0.2, 0.25) is 0 Å². The molecule has 2 aliphatic carbocycles. The van der Waals surface area contributed by atoms with E-state index in [9.17, 15) is 38.4 Å². The molecule has 0 radical (unpaired) electrons. The van der Waals surface area contributed by atoms with E-state index in [0.29, 0.717) is 11.1 Å². The van der Waals surface area contributed by atoms with Crippen molar-refractivity contribution in [2.24, 2.45) is 10.8 Å². The van der Waals surface area contributed by atoms with Crippen molar-refractivity contribution in [3.63, 3.8) is 0 Å². The summed E-state index contributed by atoms with van der Waals surface area (Å²) in [5.74, 6) is -2.90. The summed E-state index contributed by atoms with van der Waals surface area (Å²) in [7, 11) is 3.33. The second-order valence-corrected chi connectivity index (χ2v) is 24.9. The van der Waals surface area contributed by atoms with Gasteiger partial charge in [-0.1, -0.05) is 114 Å². The highest BCUT2D eigenvalue weighted by atomic mass is 16.2. The SMILES string of the molecule is CN[C@@H](C)C(=O)N[C@H](C(=O)N1CC(NC(=O)c2ccc(-c3ccc(C(=O)N[C@H]4C[C@@H](C(=O)N[C@@H]5CCCc6ccccc65)N(C(=O)[C@@H](NC(=O)[C@H](C)NC)C(C)(C)C)C4)cc3)cc2)C[C@H]1C(=O)N[C@@H]1CCCc2ccccc21)C(C)(C)C. The van der Waals surface area contributed by atoms with Gasteiger partial charge in [0.05, 0.1) is 24.2 Å². The first-order chi connectivity index (χ1) is 38.9. The standard InChI is InChI=1S/C64H84N10O8/c1-37(65-9)55(75)71-53(63(3,4)5)61(81)73-35-45(33-51(73)59(79)69-49-23-15-19-41-17-11-13-21-47(41)49)67-57(77)43-29-25-39(26-30-43)40-27-31-44(32-28-40)58(78)68-46-34-52(60(80)70-50-24-16-20-42-18-12-14-22-48(42)50)74(36-46)62(82)54(64(6,7)8)72-56(76)38(2)66-10/h11-14,17-18,21-22,25-32,37-38,45-46,49-54,65-66H,15-16,19-20,23-24,33-36H2,1-10H3,(H,67,77)(H,68,78)(H,69,79)(H,70,80)(H,71,75)(H,72,76)/t37-,38-,45-,46?,49+,50+,51-,52-,53+,54+/m0/s1. The smallest absolute Gasteiger partial charge is 0.251 e. The van der Waals surface area contributed by atoms with E-state index in [0.717, 1.165) is 60.8 Å². The van der Waals surface area contributed by atoms with Crippen LogP contribution in [0.4, 0.5) is 0 Å². The van der Waals surface area contributed by atoms with Crippen molar-refractivity contribution in [3.8, 4) is 11.1 Å². The van der Waals surface area contributed by atoms with Gasteiger partial charge in [0, 0.05) is 36.3 Å². The Morgan fingerprint density at radius 1 is 0.488 bits per heavy atom. The average molecular weight is 1120 g/mol. The van der Waals surface area contributed by atoms with Crippen molar-refractivity contribution in [1.82, 2.24) is 52.3 Å². The molecule has 18 nitrogen and oxygen atoms in total. The Hall–Kier alpha value is -7.44. The number of aryl methyl sites for hydroxylation is 2. The average Bonchev–Trinajstić information content (AvgIpc) is 4.28. The summed E-state index contributed by atoms with van der Waals surface area (Å²) in [5.41, 5.74) is 5.37. The Kier molecular flexibility index (Phi) is 19.1. The molecular weight excluding hydrogens is 1040 g/mol. The molecule has 0 spiro atoms. The highest BCUT2D eigenvalue weighted by molar-refractivity contribution is 5.98. The number of carbonyl (C=O) groups is 8. The molecule has 8 amide bonds. The van der Waals surface area contributed by atoms with Crippen LogP contribution in [0.5, 0.6) is 0 Å². The van der Waals surface area contributed by atoms with E-state index in [-0.39, 0.29) is 73.5 Å². The molecule has 0 saturated carbocycles. The quantitative estimate of drug-likeness (QED) is 0.0669. The minimum Gasteiger partial charge on any atom is -0.347 e. The molecule has 4 aromatic rings. The first kappa shape index (κ1) is 60.7. The van der Waals surface area contributed by atoms with Crippen LogP contribution >= 0.6 is 0 Å². The van der Waals surface area contributed by atoms with Gasteiger partial charge in [-0.2, -0.15) is 0 Å². The van der Waals surface area contributed by atoms with Gasteiger partial charge in [0.15, 0.2) is 0 Å². The fraction of sp³-hybridized carbons (Fsp3) is 0.500. The van der Waals surface area contributed by atoms with E-state index < -0.39 is 71.0 Å². The highest BCUT2D eigenvalue weighted by Gasteiger charge is 2.48. The van der Waals surface area contributed by atoms with Crippen molar-refractivity contribution >= 4 is 47.3 Å². The molecule has 2 saturated heterocycles. The maximum Gasteiger partial charge on any atom is 0.251 e. The Labute approximate surface area is 482 Å². The summed E-state index contributed by atoms with van der Waals surface area (Å²) >= 11 is 0. The van der Waals surface area contributed by atoms with Gasteiger partial charge in [0.25, 0.3) is 11.8 Å². The first-order valence-corrected chi connectivity index (χ1v) is 29.1. The first-order valence-electron chi connectivity index (χ1n) is 29.1.